The van der Waals surface area contributed by atoms with Crippen molar-refractivity contribution < 1.29 is 4.74 Å². The van der Waals surface area contributed by atoms with E-state index in [0.29, 0.717) is 6.61 Å². The minimum atomic E-state index is 0.510. The van der Waals surface area contributed by atoms with E-state index in [1.165, 1.54) is 0 Å². The Labute approximate surface area is 94.9 Å². The molecule has 1 heterocycles. The normalized spacial score (nSPS) is 10.6. The van der Waals surface area contributed by atoms with Gasteiger partial charge in [0.1, 0.15) is 5.69 Å². The molecule has 0 aliphatic rings. The Morgan fingerprint density at radius 1 is 1.12 bits per heavy atom. The summed E-state index contributed by atoms with van der Waals surface area (Å²) in [5.41, 5.74) is 2.87. The van der Waals surface area contributed by atoms with E-state index in [4.69, 9.17) is 4.74 Å². The number of rotatable bonds is 4. The van der Waals surface area contributed by atoms with Crippen LogP contribution in [0, 0.1) is 0 Å². The molecule has 0 N–H and O–H groups in total. The van der Waals surface area contributed by atoms with E-state index in [1.807, 2.05) is 30.3 Å². The Bertz CT molecular complexity index is 451. The molecule has 2 aromatic rings. The molecule has 4 heteroatoms. The second-order valence-electron chi connectivity index (χ2n) is 3.50. The number of aryl methyl sites for hydroxylation is 1. The van der Waals surface area contributed by atoms with Crippen molar-refractivity contribution in [2.45, 2.75) is 20.0 Å². The molecule has 1 aromatic heterocycles. The van der Waals surface area contributed by atoms with Crippen molar-refractivity contribution in [3.63, 3.8) is 0 Å². The van der Waals surface area contributed by atoms with Crippen molar-refractivity contribution in [3.8, 4) is 5.69 Å². The van der Waals surface area contributed by atoms with Gasteiger partial charge < -0.3 is 4.74 Å². The second-order valence-corrected chi connectivity index (χ2v) is 3.50. The van der Waals surface area contributed by atoms with Gasteiger partial charge >= 0.3 is 0 Å². The number of nitrogens with zero attached hydrogens (tertiary/aromatic N) is 3. The highest BCUT2D eigenvalue weighted by atomic mass is 16.5. The highest BCUT2D eigenvalue weighted by molar-refractivity contribution is 5.29. The highest BCUT2D eigenvalue weighted by Crippen LogP contribution is 2.09. The van der Waals surface area contributed by atoms with Gasteiger partial charge in [0.25, 0.3) is 0 Å². The maximum atomic E-state index is 5.10. The van der Waals surface area contributed by atoms with Crippen molar-refractivity contribution in [2.24, 2.45) is 0 Å². The minimum Gasteiger partial charge on any atom is -0.378 e. The van der Waals surface area contributed by atoms with E-state index < -0.39 is 0 Å². The predicted octanol–water partition coefficient (Wildman–Crippen LogP) is 1.98. The van der Waals surface area contributed by atoms with E-state index in [0.717, 1.165) is 23.5 Å². The van der Waals surface area contributed by atoms with Crippen molar-refractivity contribution in [3.05, 3.63) is 41.7 Å². The van der Waals surface area contributed by atoms with Gasteiger partial charge in [-0.15, -0.1) is 0 Å². The third-order valence-corrected chi connectivity index (χ3v) is 2.37. The average molecular weight is 217 g/mol. The van der Waals surface area contributed by atoms with Crippen molar-refractivity contribution in [1.29, 1.82) is 0 Å². The summed E-state index contributed by atoms with van der Waals surface area (Å²) in [5.74, 6) is 0. The lowest BCUT2D eigenvalue weighted by Crippen LogP contribution is -1.99. The monoisotopic (exact) mass is 217 g/mol. The lowest BCUT2D eigenvalue weighted by atomic mass is 10.3. The SMILES string of the molecule is CCc1nn(-c2ccccc2)nc1COC. The van der Waals surface area contributed by atoms with Gasteiger partial charge in [0, 0.05) is 7.11 Å². The first-order chi connectivity index (χ1) is 7.85. The van der Waals surface area contributed by atoms with Crippen LogP contribution < -0.4 is 0 Å². The number of hydrogen-bond acceptors (Lipinski definition) is 3. The van der Waals surface area contributed by atoms with Crippen LogP contribution in [0.3, 0.4) is 0 Å². The average Bonchev–Trinajstić information content (AvgIpc) is 2.74. The van der Waals surface area contributed by atoms with Crippen LogP contribution in [0.2, 0.25) is 0 Å². The molecule has 0 bridgehead atoms. The first-order valence-electron chi connectivity index (χ1n) is 5.34. The molecule has 2 rings (SSSR count). The molecule has 1 aromatic carbocycles. The van der Waals surface area contributed by atoms with E-state index >= 15 is 0 Å². The quantitative estimate of drug-likeness (QED) is 0.786. The molecule has 0 aliphatic heterocycles. The third kappa shape index (κ3) is 2.12. The smallest absolute Gasteiger partial charge is 0.112 e. The standard InChI is InChI=1S/C12H15N3O/c1-3-11-12(9-16-2)14-15(13-11)10-7-5-4-6-8-10/h4-8H,3,9H2,1-2H3. The number of methoxy groups -OCH3 is 1. The molecule has 0 aliphatic carbocycles. The molecule has 0 saturated carbocycles. The van der Waals surface area contributed by atoms with Crippen molar-refractivity contribution >= 4 is 0 Å². The Morgan fingerprint density at radius 3 is 2.44 bits per heavy atom. The molecule has 0 spiro atoms. The summed E-state index contributed by atoms with van der Waals surface area (Å²) in [6, 6.07) is 9.89. The topological polar surface area (TPSA) is 39.9 Å². The van der Waals surface area contributed by atoms with Gasteiger partial charge in [0.2, 0.25) is 0 Å². The zero-order chi connectivity index (χ0) is 11.4. The fourth-order valence-electron chi connectivity index (χ4n) is 1.57. The number of benzene rings is 1. The van der Waals surface area contributed by atoms with Gasteiger partial charge in [-0.1, -0.05) is 25.1 Å². The van der Waals surface area contributed by atoms with Crippen molar-refractivity contribution in [2.75, 3.05) is 7.11 Å². The number of para-hydroxylation sites is 1. The van der Waals surface area contributed by atoms with Crippen LogP contribution in [-0.2, 0) is 17.8 Å². The van der Waals surface area contributed by atoms with Crippen LogP contribution in [0.5, 0.6) is 0 Å². The molecule has 4 nitrogen and oxygen atoms in total. The number of aromatic nitrogens is 3. The van der Waals surface area contributed by atoms with Crippen molar-refractivity contribution in [1.82, 2.24) is 15.0 Å². The Morgan fingerprint density at radius 2 is 1.81 bits per heavy atom. The summed E-state index contributed by atoms with van der Waals surface area (Å²) in [5, 5.41) is 8.86. The molecule has 0 atom stereocenters. The number of ether oxygens (including phenoxy) is 1. The van der Waals surface area contributed by atoms with Gasteiger partial charge in [-0.05, 0) is 18.6 Å². The van der Waals surface area contributed by atoms with Gasteiger partial charge in [-0.3, -0.25) is 0 Å². The lowest BCUT2D eigenvalue weighted by Gasteiger charge is -1.97. The van der Waals surface area contributed by atoms with E-state index in [9.17, 15) is 0 Å². The number of hydrogen-bond donors (Lipinski definition) is 0. The molecule has 0 unspecified atom stereocenters. The van der Waals surface area contributed by atoms with Crippen LogP contribution in [0.25, 0.3) is 5.69 Å². The summed E-state index contributed by atoms with van der Waals surface area (Å²) in [6.07, 6.45) is 0.867. The van der Waals surface area contributed by atoms with Crippen LogP contribution in [0.15, 0.2) is 30.3 Å². The lowest BCUT2D eigenvalue weighted by molar-refractivity contribution is 0.180. The van der Waals surface area contributed by atoms with E-state index in [1.54, 1.807) is 11.9 Å². The molecule has 16 heavy (non-hydrogen) atoms. The van der Waals surface area contributed by atoms with Gasteiger partial charge in [0.05, 0.1) is 18.0 Å². The second kappa shape index (κ2) is 4.90. The summed E-state index contributed by atoms with van der Waals surface area (Å²) in [7, 11) is 1.67. The van der Waals surface area contributed by atoms with E-state index in [-0.39, 0.29) is 0 Å². The maximum Gasteiger partial charge on any atom is 0.112 e. The zero-order valence-corrected chi connectivity index (χ0v) is 9.55. The molecule has 84 valence electrons. The third-order valence-electron chi connectivity index (χ3n) is 2.37. The molecular weight excluding hydrogens is 202 g/mol. The molecule has 0 saturated heterocycles. The molecule has 0 fully saturated rings. The minimum absolute atomic E-state index is 0.510. The van der Waals surface area contributed by atoms with Crippen LogP contribution in [0.4, 0.5) is 0 Å². The summed E-state index contributed by atoms with van der Waals surface area (Å²) in [6.45, 7) is 2.58. The molecule has 0 radical (unpaired) electrons. The summed E-state index contributed by atoms with van der Waals surface area (Å²) in [4.78, 5) is 1.66. The van der Waals surface area contributed by atoms with Crippen LogP contribution in [-0.4, -0.2) is 22.1 Å². The Kier molecular flexibility index (Phi) is 3.31. The molecule has 0 amide bonds. The Balaban J connectivity index is 2.36. The maximum absolute atomic E-state index is 5.10. The van der Waals surface area contributed by atoms with Gasteiger partial charge in [-0.2, -0.15) is 15.0 Å². The summed E-state index contributed by atoms with van der Waals surface area (Å²) >= 11 is 0. The first kappa shape index (κ1) is 10.8. The predicted molar refractivity (Wildman–Crippen MR) is 61.5 cm³/mol. The fraction of sp³-hybridized carbons (Fsp3) is 0.333. The molecular formula is C12H15N3O. The van der Waals surface area contributed by atoms with Gasteiger partial charge in [-0.25, -0.2) is 0 Å². The summed E-state index contributed by atoms with van der Waals surface area (Å²) < 4.78 is 5.10. The van der Waals surface area contributed by atoms with Crippen LogP contribution in [0.1, 0.15) is 18.3 Å². The fourth-order valence-corrected chi connectivity index (χ4v) is 1.57. The first-order valence-corrected chi connectivity index (χ1v) is 5.34. The van der Waals surface area contributed by atoms with Gasteiger partial charge in [0.15, 0.2) is 0 Å². The van der Waals surface area contributed by atoms with E-state index in [2.05, 4.69) is 17.1 Å². The highest BCUT2D eigenvalue weighted by Gasteiger charge is 2.09. The Hall–Kier alpha value is -1.68. The largest absolute Gasteiger partial charge is 0.378 e. The zero-order valence-electron chi connectivity index (χ0n) is 9.55. The van der Waals surface area contributed by atoms with Crippen LogP contribution >= 0.6 is 0 Å².